The largest absolute Gasteiger partial charge is 0.444 e. The summed E-state index contributed by atoms with van der Waals surface area (Å²) in [4.78, 5) is 28.8. The first kappa shape index (κ1) is 14.6. The monoisotopic (exact) mass is 270 g/mol. The van der Waals surface area contributed by atoms with Gasteiger partial charge in [0.15, 0.2) is 11.3 Å². The van der Waals surface area contributed by atoms with E-state index in [4.69, 9.17) is 4.74 Å². The van der Waals surface area contributed by atoms with Gasteiger partial charge in [-0.25, -0.2) is 9.78 Å². The number of carbonyl (C=O) groups excluding carboxylic acids is 2. The lowest BCUT2D eigenvalue weighted by Gasteiger charge is -2.24. The van der Waals surface area contributed by atoms with E-state index >= 15 is 0 Å². The fraction of sp³-hybridized carbons (Fsp3) is 0.583. The second-order valence-corrected chi connectivity index (χ2v) is 6.13. The molecule has 0 aromatic carbocycles. The highest BCUT2D eigenvalue weighted by Gasteiger charge is 2.20. The predicted octanol–water partition coefficient (Wildman–Crippen LogP) is 2.63. The first-order chi connectivity index (χ1) is 8.23. The summed E-state index contributed by atoms with van der Waals surface area (Å²) in [5.41, 5.74) is 0.264. The van der Waals surface area contributed by atoms with Gasteiger partial charge in [0.1, 0.15) is 5.60 Å². The quantitative estimate of drug-likeness (QED) is 0.792. The molecule has 0 atom stereocenters. The van der Waals surface area contributed by atoms with Crippen molar-refractivity contribution in [2.45, 2.75) is 39.8 Å². The Hall–Kier alpha value is -1.43. The van der Waals surface area contributed by atoms with Crippen LogP contribution < -0.4 is 0 Å². The van der Waals surface area contributed by atoms with Crippen molar-refractivity contribution in [1.29, 1.82) is 0 Å². The number of nitrogens with zero attached hydrogens (tertiary/aromatic N) is 2. The normalized spacial score (nSPS) is 11.2. The second kappa shape index (κ2) is 5.48. The third-order valence-corrected chi connectivity index (χ3v) is 3.16. The Morgan fingerprint density at radius 1 is 1.50 bits per heavy atom. The van der Waals surface area contributed by atoms with Crippen LogP contribution in [0.2, 0.25) is 0 Å². The van der Waals surface area contributed by atoms with Crippen LogP contribution in [0.25, 0.3) is 0 Å². The molecule has 0 aliphatic heterocycles. The van der Waals surface area contributed by atoms with Gasteiger partial charge in [0.2, 0.25) is 0 Å². The molecule has 1 aromatic rings. The zero-order chi connectivity index (χ0) is 13.9. The molecule has 18 heavy (non-hydrogen) atoms. The van der Waals surface area contributed by atoms with E-state index in [-0.39, 0.29) is 6.09 Å². The topological polar surface area (TPSA) is 59.5 Å². The number of hydrogen-bond donors (Lipinski definition) is 0. The van der Waals surface area contributed by atoms with Crippen molar-refractivity contribution in [3.05, 3.63) is 15.6 Å². The van der Waals surface area contributed by atoms with E-state index in [2.05, 4.69) is 4.98 Å². The van der Waals surface area contributed by atoms with Gasteiger partial charge >= 0.3 is 6.09 Å². The molecule has 0 aliphatic rings. The Morgan fingerprint density at radius 3 is 2.56 bits per heavy atom. The Labute approximate surface area is 111 Å². The summed E-state index contributed by atoms with van der Waals surface area (Å²) in [5.74, 6) is 0. The highest BCUT2D eigenvalue weighted by Crippen LogP contribution is 2.19. The third-order valence-electron chi connectivity index (χ3n) is 2.10. The average molecular weight is 270 g/mol. The van der Waals surface area contributed by atoms with E-state index in [0.717, 1.165) is 10.6 Å². The van der Waals surface area contributed by atoms with E-state index in [1.807, 2.05) is 27.7 Å². The van der Waals surface area contributed by atoms with E-state index in [1.165, 1.54) is 16.2 Å². The van der Waals surface area contributed by atoms with E-state index in [9.17, 15) is 9.59 Å². The minimum absolute atomic E-state index is 0.386. The number of rotatable bonds is 3. The van der Waals surface area contributed by atoms with Crippen molar-refractivity contribution < 1.29 is 14.3 Å². The van der Waals surface area contributed by atoms with Crippen molar-refractivity contribution in [1.82, 2.24) is 9.88 Å². The second-order valence-electron chi connectivity index (χ2n) is 5.01. The number of thiazole rings is 1. The van der Waals surface area contributed by atoms with Crippen molar-refractivity contribution in [3.63, 3.8) is 0 Å². The summed E-state index contributed by atoms with van der Waals surface area (Å²) >= 11 is 1.29. The zero-order valence-corrected chi connectivity index (χ0v) is 12.1. The summed E-state index contributed by atoms with van der Waals surface area (Å²) in [5, 5.41) is 0.431. The van der Waals surface area contributed by atoms with Crippen LogP contribution in [0.15, 0.2) is 0 Å². The SMILES string of the molecule is Cc1nc(C=O)sc1CN(C)C(=O)OC(C)(C)C. The third kappa shape index (κ3) is 4.10. The lowest BCUT2D eigenvalue weighted by molar-refractivity contribution is 0.0286. The van der Waals surface area contributed by atoms with Crippen LogP contribution in [0.3, 0.4) is 0 Å². The molecule has 0 bridgehead atoms. The molecule has 1 rings (SSSR count). The van der Waals surface area contributed by atoms with E-state index in [1.54, 1.807) is 7.05 Å². The van der Waals surface area contributed by atoms with Crippen LogP contribution in [0.1, 0.15) is 41.1 Å². The molecule has 0 saturated heterocycles. The van der Waals surface area contributed by atoms with Gasteiger partial charge < -0.3 is 9.64 Å². The minimum Gasteiger partial charge on any atom is -0.444 e. The van der Waals surface area contributed by atoms with Crippen LogP contribution in [-0.2, 0) is 11.3 Å². The molecule has 0 fully saturated rings. The number of aryl methyl sites for hydroxylation is 1. The summed E-state index contributed by atoms with van der Waals surface area (Å²) in [7, 11) is 1.66. The Kier molecular flexibility index (Phi) is 4.45. The minimum atomic E-state index is -0.512. The maximum atomic E-state index is 11.8. The molecule has 0 N–H and O–H groups in total. The van der Waals surface area contributed by atoms with Crippen molar-refractivity contribution >= 4 is 23.7 Å². The lowest BCUT2D eigenvalue weighted by Crippen LogP contribution is -2.33. The molecule has 1 amide bonds. The fourth-order valence-electron chi connectivity index (χ4n) is 1.27. The number of aromatic nitrogens is 1. The van der Waals surface area contributed by atoms with Gasteiger partial charge in [-0.2, -0.15) is 0 Å². The molecule has 5 nitrogen and oxygen atoms in total. The molecule has 100 valence electrons. The summed E-state index contributed by atoms with van der Waals surface area (Å²) in [6.07, 6.45) is 0.331. The molecule has 1 aromatic heterocycles. The summed E-state index contributed by atoms with van der Waals surface area (Å²) in [6, 6.07) is 0. The van der Waals surface area contributed by atoms with Gasteiger partial charge in [-0.3, -0.25) is 4.79 Å². The van der Waals surface area contributed by atoms with E-state index < -0.39 is 5.60 Å². The Bertz CT molecular complexity index is 449. The Balaban J connectivity index is 2.69. The molecular weight excluding hydrogens is 252 g/mol. The van der Waals surface area contributed by atoms with Gasteiger partial charge in [0.25, 0.3) is 0 Å². The maximum Gasteiger partial charge on any atom is 0.410 e. The maximum absolute atomic E-state index is 11.8. The van der Waals surface area contributed by atoms with Crippen molar-refractivity contribution in [2.75, 3.05) is 7.05 Å². The number of amides is 1. The molecule has 0 aliphatic carbocycles. The predicted molar refractivity (Wildman–Crippen MR) is 69.9 cm³/mol. The molecule has 0 saturated carbocycles. The fourth-order valence-corrected chi connectivity index (χ4v) is 2.20. The van der Waals surface area contributed by atoms with Crippen LogP contribution >= 0.6 is 11.3 Å². The molecule has 1 heterocycles. The smallest absolute Gasteiger partial charge is 0.410 e. The standard InChI is InChI=1S/C12H18N2O3S/c1-8-9(18-10(7-15)13-8)6-14(5)11(16)17-12(2,3)4/h7H,6H2,1-5H3. The zero-order valence-electron chi connectivity index (χ0n) is 11.3. The average Bonchev–Trinajstić information content (AvgIpc) is 2.57. The number of ether oxygens (including phenoxy) is 1. The summed E-state index contributed by atoms with van der Waals surface area (Å²) in [6.45, 7) is 7.68. The van der Waals surface area contributed by atoms with E-state index in [0.29, 0.717) is 17.8 Å². The first-order valence-electron chi connectivity index (χ1n) is 5.58. The van der Waals surface area contributed by atoms with Gasteiger partial charge in [0, 0.05) is 11.9 Å². The van der Waals surface area contributed by atoms with Gasteiger partial charge in [-0.15, -0.1) is 11.3 Å². The van der Waals surface area contributed by atoms with Crippen molar-refractivity contribution in [3.8, 4) is 0 Å². The highest BCUT2D eigenvalue weighted by molar-refractivity contribution is 7.13. The van der Waals surface area contributed by atoms with Crippen molar-refractivity contribution in [2.24, 2.45) is 0 Å². The van der Waals surface area contributed by atoms with Gasteiger partial charge in [-0.1, -0.05) is 0 Å². The molecular formula is C12H18N2O3S. The molecule has 0 spiro atoms. The van der Waals surface area contributed by atoms with Crippen LogP contribution in [0.4, 0.5) is 4.79 Å². The van der Waals surface area contributed by atoms with Crippen LogP contribution in [-0.4, -0.2) is 34.9 Å². The van der Waals surface area contributed by atoms with Gasteiger partial charge in [0.05, 0.1) is 12.2 Å². The van der Waals surface area contributed by atoms with Gasteiger partial charge in [-0.05, 0) is 27.7 Å². The number of hydrogen-bond acceptors (Lipinski definition) is 5. The molecule has 0 unspecified atom stereocenters. The Morgan fingerprint density at radius 2 is 2.11 bits per heavy atom. The molecule has 0 radical (unpaired) electrons. The number of aldehydes is 1. The van der Waals surface area contributed by atoms with Crippen LogP contribution in [0.5, 0.6) is 0 Å². The first-order valence-corrected chi connectivity index (χ1v) is 6.40. The van der Waals surface area contributed by atoms with Crippen LogP contribution in [0, 0.1) is 6.92 Å². The lowest BCUT2D eigenvalue weighted by atomic mass is 10.2. The molecule has 6 heteroatoms. The summed E-state index contributed by atoms with van der Waals surface area (Å²) < 4.78 is 5.25. The number of carbonyl (C=O) groups is 2. The highest BCUT2D eigenvalue weighted by atomic mass is 32.1.